The molecule has 0 aliphatic carbocycles. The van der Waals surface area contributed by atoms with Crippen molar-refractivity contribution >= 4 is 46.4 Å². The lowest BCUT2D eigenvalue weighted by molar-refractivity contribution is -0.126. The van der Waals surface area contributed by atoms with Crippen LogP contribution in [-0.4, -0.2) is 65.8 Å². The molecule has 0 unspecified atom stereocenters. The molecule has 2 aliphatic heterocycles. The molecule has 2 heterocycles. The van der Waals surface area contributed by atoms with E-state index in [9.17, 15) is 24.0 Å². The third kappa shape index (κ3) is 4.69. The predicted molar refractivity (Wildman–Crippen MR) is 101 cm³/mol. The molecule has 2 aliphatic rings. The molecular weight excluding hydrogens is 386 g/mol. The Morgan fingerprint density at radius 1 is 1.18 bits per heavy atom. The van der Waals surface area contributed by atoms with Crippen LogP contribution in [0.5, 0.6) is 0 Å². The number of carbonyl (C=O) groups is 5. The van der Waals surface area contributed by atoms with Crippen LogP contribution < -0.4 is 10.2 Å². The second kappa shape index (κ2) is 8.87. The number of anilines is 1. The minimum atomic E-state index is -0.676. The fourth-order valence-electron chi connectivity index (χ4n) is 2.89. The number of carbonyl (C=O) groups excluding carboxylic acids is 5. The van der Waals surface area contributed by atoms with E-state index in [2.05, 4.69) is 5.32 Å². The first kappa shape index (κ1) is 19.9. The minimum Gasteiger partial charge on any atom is -0.452 e. The van der Waals surface area contributed by atoms with Gasteiger partial charge in [-0.25, -0.2) is 4.79 Å². The molecule has 0 aromatic heterocycles. The Labute approximate surface area is 165 Å². The Balaban J connectivity index is 1.45. The van der Waals surface area contributed by atoms with E-state index in [0.717, 1.165) is 23.1 Å². The van der Waals surface area contributed by atoms with Gasteiger partial charge in [-0.05, 0) is 24.6 Å². The van der Waals surface area contributed by atoms with Crippen LogP contribution in [-0.2, 0) is 19.1 Å². The highest BCUT2D eigenvalue weighted by Gasteiger charge is 2.29. The van der Waals surface area contributed by atoms with E-state index in [1.54, 1.807) is 29.2 Å². The van der Waals surface area contributed by atoms with Crippen LogP contribution in [0.2, 0.25) is 0 Å². The lowest BCUT2D eigenvalue weighted by Gasteiger charge is -2.16. The number of ether oxygens (including phenoxy) is 1. The Hall–Kier alpha value is -2.88. The average Bonchev–Trinajstić information content (AvgIpc) is 3.26. The van der Waals surface area contributed by atoms with Crippen molar-refractivity contribution in [3.05, 3.63) is 29.8 Å². The summed E-state index contributed by atoms with van der Waals surface area (Å²) in [5.41, 5.74) is 0.870. The predicted octanol–water partition coefficient (Wildman–Crippen LogP) is 0.782. The number of nitrogens with zero attached hydrogens (tertiary/aromatic N) is 2. The van der Waals surface area contributed by atoms with Gasteiger partial charge in [0.1, 0.15) is 0 Å². The highest BCUT2D eigenvalue weighted by molar-refractivity contribution is 8.14. The summed E-state index contributed by atoms with van der Waals surface area (Å²) in [6, 6.07) is 6.50. The van der Waals surface area contributed by atoms with Gasteiger partial charge in [0.15, 0.2) is 6.61 Å². The summed E-state index contributed by atoms with van der Waals surface area (Å²) in [7, 11) is 0. The quantitative estimate of drug-likeness (QED) is 0.667. The van der Waals surface area contributed by atoms with Crippen molar-refractivity contribution in [2.45, 2.75) is 12.8 Å². The molecular formula is C18H19N3O6S. The molecule has 0 saturated carbocycles. The summed E-state index contributed by atoms with van der Waals surface area (Å²) in [6.45, 7) is 0.292. The van der Waals surface area contributed by atoms with Gasteiger partial charge in [-0.15, -0.1) is 0 Å². The first-order chi connectivity index (χ1) is 13.5. The monoisotopic (exact) mass is 405 g/mol. The van der Waals surface area contributed by atoms with E-state index in [-0.39, 0.29) is 41.5 Å². The molecule has 0 atom stereocenters. The Bertz CT molecular complexity index is 811. The van der Waals surface area contributed by atoms with Crippen molar-refractivity contribution in [1.29, 1.82) is 0 Å². The molecule has 148 valence electrons. The maximum atomic E-state index is 12.2. The molecule has 2 fully saturated rings. The number of amides is 4. The molecule has 28 heavy (non-hydrogen) atoms. The van der Waals surface area contributed by atoms with Crippen molar-refractivity contribution in [2.75, 3.05) is 36.9 Å². The van der Waals surface area contributed by atoms with Crippen LogP contribution in [0.25, 0.3) is 0 Å². The Morgan fingerprint density at radius 2 is 2.00 bits per heavy atom. The standard InChI is InChI=1S/C18H19N3O6S/c22-14(19-6-8-21-16(24)11-28-18(21)26)10-27-17(25)12-3-1-4-13(9-12)20-7-2-5-15(20)23/h1,3-4,9H,2,5-8,10-11H2,(H,19,22). The number of benzene rings is 1. The lowest BCUT2D eigenvalue weighted by Crippen LogP contribution is -2.38. The van der Waals surface area contributed by atoms with E-state index < -0.39 is 18.5 Å². The normalized spacial score (nSPS) is 16.6. The fourth-order valence-corrected chi connectivity index (χ4v) is 3.64. The molecule has 0 spiro atoms. The second-order valence-electron chi connectivity index (χ2n) is 6.23. The highest BCUT2D eigenvalue weighted by Crippen LogP contribution is 2.22. The zero-order valence-electron chi connectivity index (χ0n) is 15.0. The topological polar surface area (TPSA) is 113 Å². The molecule has 4 amide bonds. The van der Waals surface area contributed by atoms with E-state index in [0.29, 0.717) is 18.7 Å². The molecule has 3 rings (SSSR count). The van der Waals surface area contributed by atoms with Crippen LogP contribution in [0.1, 0.15) is 23.2 Å². The lowest BCUT2D eigenvalue weighted by atomic mass is 10.2. The summed E-state index contributed by atoms with van der Waals surface area (Å²) in [6.07, 6.45) is 1.27. The van der Waals surface area contributed by atoms with E-state index in [1.165, 1.54) is 0 Å². The van der Waals surface area contributed by atoms with Gasteiger partial charge < -0.3 is 15.0 Å². The molecule has 10 heteroatoms. The summed E-state index contributed by atoms with van der Waals surface area (Å²) in [5.74, 6) is -1.37. The van der Waals surface area contributed by atoms with E-state index in [4.69, 9.17) is 4.74 Å². The maximum Gasteiger partial charge on any atom is 0.338 e. The zero-order chi connectivity index (χ0) is 20.1. The number of hydrogen-bond acceptors (Lipinski definition) is 7. The van der Waals surface area contributed by atoms with Crippen molar-refractivity contribution < 1.29 is 28.7 Å². The van der Waals surface area contributed by atoms with Gasteiger partial charge >= 0.3 is 5.97 Å². The van der Waals surface area contributed by atoms with Gasteiger partial charge in [-0.2, -0.15) is 0 Å². The molecule has 0 bridgehead atoms. The van der Waals surface area contributed by atoms with Crippen LogP contribution in [0, 0.1) is 0 Å². The van der Waals surface area contributed by atoms with E-state index >= 15 is 0 Å². The number of imide groups is 1. The second-order valence-corrected chi connectivity index (χ2v) is 7.15. The minimum absolute atomic E-state index is 0.0123. The maximum absolute atomic E-state index is 12.2. The molecule has 2 saturated heterocycles. The van der Waals surface area contributed by atoms with Crippen molar-refractivity contribution in [3.8, 4) is 0 Å². The number of hydrogen-bond donors (Lipinski definition) is 1. The van der Waals surface area contributed by atoms with Crippen LogP contribution in [0.15, 0.2) is 24.3 Å². The van der Waals surface area contributed by atoms with Crippen LogP contribution in [0.4, 0.5) is 10.5 Å². The number of rotatable bonds is 7. The molecule has 0 radical (unpaired) electrons. The van der Waals surface area contributed by atoms with Gasteiger partial charge in [0.25, 0.3) is 11.1 Å². The summed E-state index contributed by atoms with van der Waals surface area (Å²) in [4.78, 5) is 61.4. The SMILES string of the molecule is O=C(COC(=O)c1cccc(N2CCCC2=O)c1)NCCN1C(=O)CSC1=O. The number of thioether (sulfide) groups is 1. The first-order valence-corrected chi connectivity index (χ1v) is 9.75. The molecule has 9 nitrogen and oxygen atoms in total. The van der Waals surface area contributed by atoms with Gasteiger partial charge in [-0.1, -0.05) is 17.8 Å². The summed E-state index contributed by atoms with van der Waals surface area (Å²) < 4.78 is 4.99. The molecule has 1 aromatic carbocycles. The number of esters is 1. The summed E-state index contributed by atoms with van der Waals surface area (Å²) >= 11 is 0.925. The molecule has 1 N–H and O–H groups in total. The van der Waals surface area contributed by atoms with Crippen molar-refractivity contribution in [2.24, 2.45) is 0 Å². The van der Waals surface area contributed by atoms with Crippen molar-refractivity contribution in [3.63, 3.8) is 0 Å². The van der Waals surface area contributed by atoms with Gasteiger partial charge in [-0.3, -0.25) is 24.1 Å². The Kier molecular flexibility index (Phi) is 6.30. The summed E-state index contributed by atoms with van der Waals surface area (Å²) in [5, 5.41) is 2.16. The smallest absolute Gasteiger partial charge is 0.338 e. The Morgan fingerprint density at radius 3 is 2.68 bits per heavy atom. The van der Waals surface area contributed by atoms with Crippen LogP contribution in [0.3, 0.4) is 0 Å². The van der Waals surface area contributed by atoms with Crippen LogP contribution >= 0.6 is 11.8 Å². The average molecular weight is 405 g/mol. The van der Waals surface area contributed by atoms with Gasteiger partial charge in [0, 0.05) is 31.7 Å². The largest absolute Gasteiger partial charge is 0.452 e. The molecule has 1 aromatic rings. The third-order valence-corrected chi connectivity index (χ3v) is 5.16. The number of nitrogens with one attached hydrogen (secondary N) is 1. The zero-order valence-corrected chi connectivity index (χ0v) is 15.8. The van der Waals surface area contributed by atoms with Gasteiger partial charge in [0.2, 0.25) is 11.8 Å². The fraction of sp³-hybridized carbons (Fsp3) is 0.389. The van der Waals surface area contributed by atoms with Crippen molar-refractivity contribution in [1.82, 2.24) is 10.2 Å². The van der Waals surface area contributed by atoms with Gasteiger partial charge in [0.05, 0.1) is 11.3 Å². The first-order valence-electron chi connectivity index (χ1n) is 8.77. The van der Waals surface area contributed by atoms with E-state index in [1.807, 2.05) is 0 Å². The third-order valence-electron chi connectivity index (χ3n) is 4.30. The highest BCUT2D eigenvalue weighted by atomic mass is 32.2.